The smallest absolute Gasteiger partial charge is 0.325 e. The summed E-state index contributed by atoms with van der Waals surface area (Å²) in [5.74, 6) is 1.24. The minimum atomic E-state index is -0.336. The van der Waals surface area contributed by atoms with Crippen LogP contribution in [0.25, 0.3) is 11.2 Å². The van der Waals surface area contributed by atoms with Crippen molar-refractivity contribution in [2.75, 3.05) is 13.1 Å². The Hall–Kier alpha value is -1.89. The van der Waals surface area contributed by atoms with Crippen LogP contribution in [0.1, 0.15) is 24.6 Å². The molecule has 1 fully saturated rings. The molecule has 3 heterocycles. The van der Waals surface area contributed by atoms with Gasteiger partial charge in [-0.05, 0) is 25.9 Å². The zero-order chi connectivity index (χ0) is 14.4. The van der Waals surface area contributed by atoms with E-state index in [1.165, 1.54) is 11.6 Å². The summed E-state index contributed by atoms with van der Waals surface area (Å²) in [5, 5.41) is 3.32. The molecule has 0 amide bonds. The van der Waals surface area contributed by atoms with Crippen LogP contribution in [0.5, 0.6) is 0 Å². The van der Waals surface area contributed by atoms with Crippen molar-refractivity contribution in [3.63, 3.8) is 0 Å². The van der Waals surface area contributed by atoms with Gasteiger partial charge in [0.1, 0.15) is 5.82 Å². The first-order valence-corrected chi connectivity index (χ1v) is 6.85. The second kappa shape index (κ2) is 4.59. The summed E-state index contributed by atoms with van der Waals surface area (Å²) in [5.41, 5.74) is 0.369. The first-order valence-electron chi connectivity index (χ1n) is 6.85. The molecule has 1 aliphatic heterocycles. The van der Waals surface area contributed by atoms with E-state index in [0.717, 1.165) is 36.3 Å². The minimum Gasteiger partial charge on any atom is -0.325 e. The second-order valence-corrected chi connectivity index (χ2v) is 5.43. The van der Waals surface area contributed by atoms with Gasteiger partial charge in [0.05, 0.1) is 0 Å². The number of hydrogen-bond donors (Lipinski definition) is 1. The fourth-order valence-electron chi connectivity index (χ4n) is 2.98. The Bertz CT molecular complexity index is 777. The molecule has 0 bridgehead atoms. The van der Waals surface area contributed by atoms with Crippen LogP contribution in [0.3, 0.4) is 0 Å². The zero-order valence-corrected chi connectivity index (χ0v) is 12.0. The summed E-state index contributed by atoms with van der Waals surface area (Å²) in [4.78, 5) is 28.8. The van der Waals surface area contributed by atoms with E-state index in [9.17, 15) is 9.59 Å². The Kier molecular flexibility index (Phi) is 3.01. The molecule has 0 radical (unpaired) electrons. The number of nitrogens with one attached hydrogen (secondary N) is 1. The molecule has 2 aromatic rings. The van der Waals surface area contributed by atoms with Crippen LogP contribution in [0.2, 0.25) is 0 Å². The van der Waals surface area contributed by atoms with Crippen LogP contribution < -0.4 is 16.6 Å². The molecule has 1 saturated heterocycles. The van der Waals surface area contributed by atoms with Crippen molar-refractivity contribution in [1.82, 2.24) is 24.0 Å². The standard InChI is InChI=1S/C13H19N5O2/c1-16-9-11(17(2)13(20)18(3)12(9)19)15-10(16)8-4-6-14-7-5-8/h8,14H,4-7H2,1-3H3. The van der Waals surface area contributed by atoms with Crippen molar-refractivity contribution < 1.29 is 0 Å². The van der Waals surface area contributed by atoms with Crippen molar-refractivity contribution in [1.29, 1.82) is 0 Å². The van der Waals surface area contributed by atoms with Crippen molar-refractivity contribution in [2.45, 2.75) is 18.8 Å². The summed E-state index contributed by atoms with van der Waals surface area (Å²) in [6, 6.07) is 0. The van der Waals surface area contributed by atoms with E-state index in [4.69, 9.17) is 0 Å². The Labute approximate surface area is 115 Å². The molecule has 3 rings (SSSR count). The molecule has 108 valence electrons. The Morgan fingerprint density at radius 3 is 2.35 bits per heavy atom. The summed E-state index contributed by atoms with van der Waals surface area (Å²) >= 11 is 0. The highest BCUT2D eigenvalue weighted by Gasteiger charge is 2.23. The van der Waals surface area contributed by atoms with Crippen LogP contribution in [-0.4, -0.2) is 31.8 Å². The lowest BCUT2D eigenvalue weighted by Gasteiger charge is -2.21. The zero-order valence-electron chi connectivity index (χ0n) is 12.0. The van der Waals surface area contributed by atoms with Gasteiger partial charge in [0.25, 0.3) is 5.56 Å². The monoisotopic (exact) mass is 277 g/mol. The number of hydrogen-bond acceptors (Lipinski definition) is 4. The number of imidazole rings is 1. The van der Waals surface area contributed by atoms with Gasteiger partial charge in [-0.3, -0.25) is 13.9 Å². The van der Waals surface area contributed by atoms with E-state index < -0.39 is 0 Å². The summed E-state index contributed by atoms with van der Waals surface area (Å²) in [7, 11) is 5.02. The molecule has 0 saturated carbocycles. The molecule has 1 N–H and O–H groups in total. The van der Waals surface area contributed by atoms with Gasteiger partial charge < -0.3 is 9.88 Å². The maximum absolute atomic E-state index is 12.3. The van der Waals surface area contributed by atoms with Crippen LogP contribution in [0, 0.1) is 0 Å². The molecule has 20 heavy (non-hydrogen) atoms. The third-order valence-electron chi connectivity index (χ3n) is 4.21. The normalized spacial score (nSPS) is 16.9. The predicted molar refractivity (Wildman–Crippen MR) is 76.0 cm³/mol. The van der Waals surface area contributed by atoms with Gasteiger partial charge in [-0.1, -0.05) is 0 Å². The molecular formula is C13H19N5O2. The van der Waals surface area contributed by atoms with Crippen LogP contribution in [0.4, 0.5) is 0 Å². The molecule has 0 unspecified atom stereocenters. The van der Waals surface area contributed by atoms with Crippen molar-refractivity contribution in [3.8, 4) is 0 Å². The minimum absolute atomic E-state index is 0.279. The number of nitrogens with zero attached hydrogens (tertiary/aromatic N) is 4. The molecule has 7 heteroatoms. The number of aromatic nitrogens is 4. The maximum Gasteiger partial charge on any atom is 0.332 e. The first kappa shape index (κ1) is 13.1. The Balaban J connectivity index is 2.29. The highest BCUT2D eigenvalue weighted by atomic mass is 16.2. The lowest BCUT2D eigenvalue weighted by atomic mass is 9.97. The molecule has 0 spiro atoms. The average molecular weight is 277 g/mol. The Morgan fingerprint density at radius 1 is 1.05 bits per heavy atom. The van der Waals surface area contributed by atoms with Gasteiger partial charge in [0.2, 0.25) is 0 Å². The lowest BCUT2D eigenvalue weighted by Crippen LogP contribution is -2.37. The van der Waals surface area contributed by atoms with E-state index in [1.807, 2.05) is 11.6 Å². The average Bonchev–Trinajstić information content (AvgIpc) is 2.81. The van der Waals surface area contributed by atoms with Crippen molar-refractivity contribution in [3.05, 3.63) is 26.7 Å². The lowest BCUT2D eigenvalue weighted by molar-refractivity contribution is 0.438. The quantitative estimate of drug-likeness (QED) is 0.758. The van der Waals surface area contributed by atoms with Gasteiger partial charge in [-0.2, -0.15) is 0 Å². The fraction of sp³-hybridized carbons (Fsp3) is 0.615. The SMILES string of the molecule is Cn1c(=O)c2c(nc(C3CCNCC3)n2C)n(C)c1=O. The number of fused-ring (bicyclic) bond motifs is 1. The molecule has 1 aliphatic rings. The molecule has 7 nitrogen and oxygen atoms in total. The molecular weight excluding hydrogens is 258 g/mol. The van der Waals surface area contributed by atoms with Crippen molar-refractivity contribution in [2.24, 2.45) is 21.1 Å². The van der Waals surface area contributed by atoms with E-state index in [2.05, 4.69) is 10.3 Å². The van der Waals surface area contributed by atoms with Gasteiger partial charge >= 0.3 is 5.69 Å². The number of aryl methyl sites for hydroxylation is 2. The van der Waals surface area contributed by atoms with E-state index in [-0.39, 0.29) is 11.2 Å². The van der Waals surface area contributed by atoms with Crippen LogP contribution in [0.15, 0.2) is 9.59 Å². The Morgan fingerprint density at radius 2 is 1.70 bits per heavy atom. The first-order chi connectivity index (χ1) is 9.52. The van der Waals surface area contributed by atoms with Gasteiger partial charge in [0.15, 0.2) is 11.2 Å². The number of rotatable bonds is 1. The van der Waals surface area contributed by atoms with E-state index in [0.29, 0.717) is 17.1 Å². The van der Waals surface area contributed by atoms with Gasteiger partial charge in [-0.25, -0.2) is 9.78 Å². The largest absolute Gasteiger partial charge is 0.332 e. The summed E-state index contributed by atoms with van der Waals surface area (Å²) in [6.07, 6.45) is 2.01. The van der Waals surface area contributed by atoms with E-state index in [1.54, 1.807) is 7.05 Å². The molecule has 2 aromatic heterocycles. The third-order valence-corrected chi connectivity index (χ3v) is 4.21. The second-order valence-electron chi connectivity index (χ2n) is 5.43. The van der Waals surface area contributed by atoms with Crippen LogP contribution in [-0.2, 0) is 21.1 Å². The predicted octanol–water partition coefficient (Wildman–Crippen LogP) is -0.562. The fourth-order valence-corrected chi connectivity index (χ4v) is 2.98. The highest BCUT2D eigenvalue weighted by Crippen LogP contribution is 2.25. The summed E-state index contributed by atoms with van der Waals surface area (Å²) < 4.78 is 4.44. The summed E-state index contributed by atoms with van der Waals surface area (Å²) in [6.45, 7) is 1.93. The maximum atomic E-state index is 12.3. The van der Waals surface area contributed by atoms with Crippen LogP contribution >= 0.6 is 0 Å². The molecule has 0 aliphatic carbocycles. The van der Waals surface area contributed by atoms with Gasteiger partial charge in [0, 0.05) is 27.1 Å². The van der Waals surface area contributed by atoms with Gasteiger partial charge in [-0.15, -0.1) is 0 Å². The highest BCUT2D eigenvalue weighted by molar-refractivity contribution is 5.71. The third kappa shape index (κ3) is 1.73. The molecule has 0 atom stereocenters. The van der Waals surface area contributed by atoms with Crippen molar-refractivity contribution >= 4 is 11.2 Å². The van der Waals surface area contributed by atoms with E-state index >= 15 is 0 Å². The molecule has 0 aromatic carbocycles. The topological polar surface area (TPSA) is 73.8 Å². The number of piperidine rings is 1.